The Morgan fingerprint density at radius 3 is 2.68 bits per heavy atom. The number of carbonyl (C=O) groups is 1. The first-order chi connectivity index (χ1) is 10.4. The van der Waals surface area contributed by atoms with Gasteiger partial charge in [0.05, 0.1) is 7.11 Å². The lowest BCUT2D eigenvalue weighted by Crippen LogP contribution is -2.17. The summed E-state index contributed by atoms with van der Waals surface area (Å²) in [4.78, 5) is 22.5. The molecule has 1 heterocycles. The van der Waals surface area contributed by atoms with Crippen LogP contribution in [0.15, 0.2) is 35.1 Å². The van der Waals surface area contributed by atoms with Gasteiger partial charge in [0, 0.05) is 17.8 Å². The van der Waals surface area contributed by atoms with E-state index >= 15 is 0 Å². The second kappa shape index (κ2) is 6.26. The van der Waals surface area contributed by atoms with Crippen LogP contribution in [0.5, 0.6) is 5.75 Å². The second-order valence-electron chi connectivity index (χ2n) is 4.79. The van der Waals surface area contributed by atoms with E-state index in [0.29, 0.717) is 17.1 Å². The quantitative estimate of drug-likeness (QED) is 0.873. The number of aryl methyl sites for hydroxylation is 2. The van der Waals surface area contributed by atoms with Crippen molar-refractivity contribution in [2.45, 2.75) is 13.8 Å². The number of benzene rings is 1. The molecule has 0 spiro atoms. The van der Waals surface area contributed by atoms with Gasteiger partial charge in [-0.3, -0.25) is 4.79 Å². The van der Waals surface area contributed by atoms with Crippen molar-refractivity contribution in [3.8, 4) is 11.4 Å². The summed E-state index contributed by atoms with van der Waals surface area (Å²) in [7, 11) is 1.55. The second-order valence-corrected chi connectivity index (χ2v) is 4.79. The molecule has 0 atom stereocenters. The Morgan fingerprint density at radius 1 is 1.32 bits per heavy atom. The average molecular weight is 300 g/mol. The standard InChI is InChI=1S/C16H16N2O4/c1-10-4-6-15(22-3)13(8-10)18-11(2)9-14(19)12(17-18)5-7-16(20)21/h4-9H,1-3H3,(H,20,21)/b7-5+. The van der Waals surface area contributed by atoms with Crippen molar-refractivity contribution in [1.82, 2.24) is 9.78 Å². The van der Waals surface area contributed by atoms with E-state index in [1.807, 2.05) is 25.1 Å². The molecule has 0 unspecified atom stereocenters. The van der Waals surface area contributed by atoms with E-state index in [9.17, 15) is 9.59 Å². The maximum absolute atomic E-state index is 11.9. The van der Waals surface area contributed by atoms with Gasteiger partial charge in [-0.2, -0.15) is 5.10 Å². The van der Waals surface area contributed by atoms with Crippen molar-refractivity contribution >= 4 is 12.0 Å². The van der Waals surface area contributed by atoms with Gasteiger partial charge in [0.15, 0.2) is 0 Å². The largest absolute Gasteiger partial charge is 0.494 e. The first-order valence-corrected chi connectivity index (χ1v) is 6.59. The van der Waals surface area contributed by atoms with Crippen LogP contribution in [0.25, 0.3) is 11.8 Å². The van der Waals surface area contributed by atoms with Crippen molar-refractivity contribution in [2.75, 3.05) is 7.11 Å². The molecule has 0 radical (unpaired) electrons. The molecule has 1 aromatic carbocycles. The number of ether oxygens (including phenoxy) is 1. The lowest BCUT2D eigenvalue weighted by molar-refractivity contribution is -0.131. The molecule has 2 aromatic rings. The molecule has 0 fully saturated rings. The lowest BCUT2D eigenvalue weighted by atomic mass is 10.2. The summed E-state index contributed by atoms with van der Waals surface area (Å²) in [6.45, 7) is 3.69. The number of aromatic nitrogens is 2. The highest BCUT2D eigenvalue weighted by molar-refractivity contribution is 5.84. The minimum atomic E-state index is -1.14. The van der Waals surface area contributed by atoms with E-state index in [2.05, 4.69) is 5.10 Å². The van der Waals surface area contributed by atoms with Crippen LogP contribution in [0.3, 0.4) is 0 Å². The summed E-state index contributed by atoms with van der Waals surface area (Å²) in [5.41, 5.74) is 2.04. The van der Waals surface area contributed by atoms with Crippen molar-refractivity contribution in [2.24, 2.45) is 0 Å². The molecular weight excluding hydrogens is 284 g/mol. The van der Waals surface area contributed by atoms with E-state index in [0.717, 1.165) is 11.6 Å². The molecule has 0 aliphatic heterocycles. The molecule has 0 amide bonds. The number of carboxylic acid groups (broad SMARTS) is 1. The maximum atomic E-state index is 11.9. The molecule has 1 N–H and O–H groups in total. The van der Waals surface area contributed by atoms with Crippen molar-refractivity contribution in [3.05, 3.63) is 57.5 Å². The van der Waals surface area contributed by atoms with E-state index in [1.165, 1.54) is 12.1 Å². The highest BCUT2D eigenvalue weighted by Gasteiger charge is 2.11. The predicted octanol–water partition coefficient (Wildman–Crippen LogP) is 1.96. The number of hydrogen-bond acceptors (Lipinski definition) is 4. The fourth-order valence-electron chi connectivity index (χ4n) is 2.04. The minimum absolute atomic E-state index is 0.0524. The Labute approximate surface area is 127 Å². The molecule has 0 saturated carbocycles. The SMILES string of the molecule is COc1ccc(C)cc1-n1nc(/C=C/C(=O)O)c(=O)cc1C. The molecular formula is C16H16N2O4. The van der Waals surface area contributed by atoms with Gasteiger partial charge in [-0.25, -0.2) is 9.48 Å². The number of nitrogens with zero attached hydrogens (tertiary/aromatic N) is 2. The molecule has 6 nitrogen and oxygen atoms in total. The van der Waals surface area contributed by atoms with Crippen LogP contribution in [0.1, 0.15) is 17.0 Å². The van der Waals surface area contributed by atoms with Gasteiger partial charge < -0.3 is 9.84 Å². The summed E-state index contributed by atoms with van der Waals surface area (Å²) in [6.07, 6.45) is 2.07. The zero-order valence-electron chi connectivity index (χ0n) is 12.5. The molecule has 1 aromatic heterocycles. The van der Waals surface area contributed by atoms with Gasteiger partial charge >= 0.3 is 5.97 Å². The summed E-state index contributed by atoms with van der Waals surface area (Å²) >= 11 is 0. The summed E-state index contributed by atoms with van der Waals surface area (Å²) < 4.78 is 6.89. The molecule has 6 heteroatoms. The predicted molar refractivity (Wildman–Crippen MR) is 82.5 cm³/mol. The lowest BCUT2D eigenvalue weighted by Gasteiger charge is -2.14. The van der Waals surface area contributed by atoms with Crippen molar-refractivity contribution < 1.29 is 14.6 Å². The number of rotatable bonds is 4. The average Bonchev–Trinajstić information content (AvgIpc) is 2.46. The Morgan fingerprint density at radius 2 is 2.05 bits per heavy atom. The summed E-state index contributed by atoms with van der Waals surface area (Å²) in [5.74, 6) is -0.528. The van der Waals surface area contributed by atoms with Crippen LogP contribution in [0.2, 0.25) is 0 Å². The maximum Gasteiger partial charge on any atom is 0.328 e. The monoisotopic (exact) mass is 300 g/mol. The Hall–Kier alpha value is -2.89. The van der Waals surface area contributed by atoms with Crippen LogP contribution < -0.4 is 10.2 Å². The van der Waals surface area contributed by atoms with Crippen molar-refractivity contribution in [1.29, 1.82) is 0 Å². The third-order valence-electron chi connectivity index (χ3n) is 3.08. The van der Waals surface area contributed by atoms with Crippen LogP contribution in [0.4, 0.5) is 0 Å². The number of hydrogen-bond donors (Lipinski definition) is 1. The summed E-state index contributed by atoms with van der Waals surface area (Å²) in [6, 6.07) is 7.02. The topological polar surface area (TPSA) is 81.4 Å². The third-order valence-corrected chi connectivity index (χ3v) is 3.08. The number of methoxy groups -OCH3 is 1. The molecule has 2 rings (SSSR count). The molecule has 0 aliphatic rings. The zero-order valence-corrected chi connectivity index (χ0v) is 12.5. The normalized spacial score (nSPS) is 10.9. The fraction of sp³-hybridized carbons (Fsp3) is 0.188. The highest BCUT2D eigenvalue weighted by Crippen LogP contribution is 2.24. The van der Waals surface area contributed by atoms with Crippen LogP contribution in [-0.2, 0) is 4.79 Å². The van der Waals surface area contributed by atoms with Gasteiger partial charge in [0.25, 0.3) is 0 Å². The Balaban J connectivity index is 2.66. The van der Waals surface area contributed by atoms with E-state index in [1.54, 1.807) is 18.7 Å². The summed E-state index contributed by atoms with van der Waals surface area (Å²) in [5, 5.41) is 12.9. The van der Waals surface area contributed by atoms with Gasteiger partial charge in [-0.05, 0) is 37.6 Å². The van der Waals surface area contributed by atoms with E-state index in [4.69, 9.17) is 9.84 Å². The van der Waals surface area contributed by atoms with Gasteiger partial charge in [-0.1, -0.05) is 6.07 Å². The Bertz CT molecular complexity index is 806. The third kappa shape index (κ3) is 3.22. The zero-order chi connectivity index (χ0) is 16.3. The van der Waals surface area contributed by atoms with Crippen LogP contribution >= 0.6 is 0 Å². The van der Waals surface area contributed by atoms with Crippen LogP contribution in [-0.4, -0.2) is 28.0 Å². The number of aliphatic carboxylic acids is 1. The molecule has 0 aliphatic carbocycles. The van der Waals surface area contributed by atoms with Crippen LogP contribution in [0, 0.1) is 13.8 Å². The smallest absolute Gasteiger partial charge is 0.328 e. The minimum Gasteiger partial charge on any atom is -0.494 e. The number of carboxylic acids is 1. The first-order valence-electron chi connectivity index (χ1n) is 6.59. The molecule has 114 valence electrons. The first kappa shape index (κ1) is 15.5. The molecule has 22 heavy (non-hydrogen) atoms. The van der Waals surface area contributed by atoms with Gasteiger partial charge in [0.2, 0.25) is 5.43 Å². The van der Waals surface area contributed by atoms with Crippen molar-refractivity contribution in [3.63, 3.8) is 0 Å². The Kier molecular flexibility index (Phi) is 4.41. The highest BCUT2D eigenvalue weighted by atomic mass is 16.5. The van der Waals surface area contributed by atoms with E-state index in [-0.39, 0.29) is 11.1 Å². The van der Waals surface area contributed by atoms with E-state index < -0.39 is 5.97 Å². The van der Waals surface area contributed by atoms with Gasteiger partial charge in [0.1, 0.15) is 17.1 Å². The molecule has 0 saturated heterocycles. The molecule has 0 bridgehead atoms. The van der Waals surface area contributed by atoms with Gasteiger partial charge in [-0.15, -0.1) is 0 Å². The fourth-order valence-corrected chi connectivity index (χ4v) is 2.04.